The number of amides is 2. The van der Waals surface area contributed by atoms with E-state index in [0.717, 1.165) is 0 Å². The molecule has 7 atom stereocenters. The lowest BCUT2D eigenvalue weighted by Gasteiger charge is -2.43. The van der Waals surface area contributed by atoms with Gasteiger partial charge in [-0.3, -0.25) is 14.4 Å². The molecular weight excluding hydrogens is 416 g/mol. The Labute approximate surface area is 189 Å². The van der Waals surface area contributed by atoms with Crippen LogP contribution < -0.4 is 0 Å². The van der Waals surface area contributed by atoms with Crippen molar-refractivity contribution in [1.29, 1.82) is 0 Å². The molecule has 0 aromatic carbocycles. The topological polar surface area (TPSA) is 98.2 Å². The minimum Gasteiger partial charge on any atom is -0.481 e. The molecule has 0 radical (unpaired) electrons. The number of hydrogen-bond acceptors (Lipinski definition) is 5. The third kappa shape index (κ3) is 3.59. The Morgan fingerprint density at radius 3 is 2.48 bits per heavy atom. The zero-order chi connectivity index (χ0) is 23.2. The average Bonchev–Trinajstić information content (AvgIpc) is 3.27. The average molecular weight is 453 g/mol. The van der Waals surface area contributed by atoms with Crippen LogP contribution >= 0.6 is 11.8 Å². The smallest absolute Gasteiger partial charge is 0.308 e. The summed E-state index contributed by atoms with van der Waals surface area (Å²) in [4.78, 5) is 43.3. The molecule has 7 nitrogen and oxygen atoms in total. The zero-order valence-electron chi connectivity index (χ0n) is 19.2. The molecular formula is C23H36N2O5S. The van der Waals surface area contributed by atoms with Gasteiger partial charge in [0.15, 0.2) is 0 Å². The van der Waals surface area contributed by atoms with Crippen LogP contribution in [0.4, 0.5) is 0 Å². The van der Waals surface area contributed by atoms with Crippen LogP contribution in [0, 0.1) is 23.7 Å². The molecule has 2 N–H and O–H groups in total. The van der Waals surface area contributed by atoms with Crippen LogP contribution in [0.15, 0.2) is 12.7 Å². The van der Waals surface area contributed by atoms with E-state index in [9.17, 15) is 24.6 Å². The van der Waals surface area contributed by atoms with Gasteiger partial charge in [-0.05, 0) is 38.5 Å². The van der Waals surface area contributed by atoms with Crippen molar-refractivity contribution in [3.05, 3.63) is 12.7 Å². The number of carboxylic acid groups (broad SMARTS) is 1. The highest BCUT2D eigenvalue weighted by atomic mass is 32.2. The summed E-state index contributed by atoms with van der Waals surface area (Å²) >= 11 is 1.53. The van der Waals surface area contributed by atoms with Crippen LogP contribution in [0.5, 0.6) is 0 Å². The number of aliphatic hydroxyl groups is 1. The first-order chi connectivity index (χ1) is 14.5. The van der Waals surface area contributed by atoms with Gasteiger partial charge < -0.3 is 20.0 Å². The first kappa shape index (κ1) is 24.1. The number of fused-ring (bicyclic) bond motifs is 1. The Hall–Kier alpha value is -1.54. The monoisotopic (exact) mass is 452 g/mol. The normalized spacial score (nSPS) is 35.0. The molecule has 0 aromatic rings. The Balaban J connectivity index is 2.16. The van der Waals surface area contributed by atoms with Crippen molar-refractivity contribution in [3.63, 3.8) is 0 Å². The molecule has 2 amide bonds. The molecule has 3 aliphatic heterocycles. The molecule has 3 aliphatic rings. The Morgan fingerprint density at radius 1 is 1.35 bits per heavy atom. The fourth-order valence-electron chi connectivity index (χ4n) is 6.09. The number of hydrogen-bond donors (Lipinski definition) is 2. The van der Waals surface area contributed by atoms with Gasteiger partial charge in [-0.1, -0.05) is 26.8 Å². The van der Waals surface area contributed by atoms with Crippen molar-refractivity contribution >= 4 is 29.5 Å². The van der Waals surface area contributed by atoms with Gasteiger partial charge in [-0.15, -0.1) is 18.3 Å². The van der Waals surface area contributed by atoms with Gasteiger partial charge in [0.25, 0.3) is 0 Å². The summed E-state index contributed by atoms with van der Waals surface area (Å²) in [5.74, 6) is -2.70. The standard InChI is InChI=1S/C23H36N2O5S/c1-7-8-24(13(4)5)21(28)19-23-14(6)10-16(31-23)17(22(29)30)18(23)20(27)25(19)15(11-26)9-12(2)3/h7,12-19,26H,1,8-11H2,2-6H3,(H,29,30)/t14?,15-,16-,17+,18+,19?,23?/m1/s1. The second-order valence-corrected chi connectivity index (χ2v) is 11.5. The van der Waals surface area contributed by atoms with Crippen molar-refractivity contribution in [3.8, 4) is 0 Å². The first-order valence-electron chi connectivity index (χ1n) is 11.3. The number of rotatable bonds is 9. The van der Waals surface area contributed by atoms with E-state index in [-0.39, 0.29) is 41.5 Å². The number of aliphatic hydroxyl groups excluding tert-OH is 1. The number of carbonyl (C=O) groups excluding carboxylic acids is 2. The quantitative estimate of drug-likeness (QED) is 0.521. The lowest BCUT2D eigenvalue weighted by molar-refractivity contribution is -0.150. The number of thioether (sulfide) groups is 1. The van der Waals surface area contributed by atoms with Gasteiger partial charge in [-0.2, -0.15) is 0 Å². The van der Waals surface area contributed by atoms with Crippen LogP contribution in [0.2, 0.25) is 0 Å². The summed E-state index contributed by atoms with van der Waals surface area (Å²) in [5, 5.41) is 20.0. The molecule has 174 valence electrons. The number of nitrogens with zero attached hydrogens (tertiary/aromatic N) is 2. The molecule has 0 aliphatic carbocycles. The SMILES string of the molecule is C=CCN(C(=O)C1N([C@@H](CO)CC(C)C)C(=O)[C@@H]2[C@@H](C(=O)O)[C@H]3CC(C)C12S3)C(C)C. The van der Waals surface area contributed by atoms with E-state index in [2.05, 4.69) is 6.58 Å². The summed E-state index contributed by atoms with van der Waals surface area (Å²) in [6, 6.07) is -1.39. The lowest BCUT2D eigenvalue weighted by atomic mass is 9.66. The minimum atomic E-state index is -0.964. The van der Waals surface area contributed by atoms with E-state index in [1.165, 1.54) is 11.8 Å². The number of aliphatic carboxylic acids is 1. The number of likely N-dealkylation sites (tertiary alicyclic amines) is 1. The van der Waals surface area contributed by atoms with Gasteiger partial charge >= 0.3 is 5.97 Å². The zero-order valence-corrected chi connectivity index (χ0v) is 20.0. The maximum absolute atomic E-state index is 14.0. The second-order valence-electron chi connectivity index (χ2n) is 9.98. The van der Waals surface area contributed by atoms with Crippen molar-refractivity contribution in [1.82, 2.24) is 9.80 Å². The highest BCUT2D eigenvalue weighted by Gasteiger charge is 2.77. The molecule has 3 fully saturated rings. The van der Waals surface area contributed by atoms with E-state index in [4.69, 9.17) is 0 Å². The van der Waals surface area contributed by atoms with Crippen LogP contribution in [0.3, 0.4) is 0 Å². The molecule has 1 spiro atoms. The number of carbonyl (C=O) groups is 3. The van der Waals surface area contributed by atoms with Gasteiger partial charge in [0.2, 0.25) is 11.8 Å². The summed E-state index contributed by atoms with van der Waals surface area (Å²) in [6.45, 7) is 13.8. The third-order valence-electron chi connectivity index (χ3n) is 7.28. The molecule has 8 heteroatoms. The van der Waals surface area contributed by atoms with Gasteiger partial charge in [-0.25, -0.2) is 0 Å². The summed E-state index contributed by atoms with van der Waals surface area (Å²) in [5.41, 5.74) is 0. The van der Waals surface area contributed by atoms with E-state index >= 15 is 0 Å². The van der Waals surface area contributed by atoms with Gasteiger partial charge in [0.05, 0.1) is 29.2 Å². The third-order valence-corrected chi connectivity index (χ3v) is 9.36. The van der Waals surface area contributed by atoms with Crippen molar-refractivity contribution < 1.29 is 24.6 Å². The minimum absolute atomic E-state index is 0.0298. The first-order valence-corrected chi connectivity index (χ1v) is 12.2. The molecule has 0 aromatic heterocycles. The fourth-order valence-corrected chi connectivity index (χ4v) is 8.48. The second kappa shape index (κ2) is 8.77. The van der Waals surface area contributed by atoms with E-state index in [0.29, 0.717) is 19.4 Å². The Kier molecular flexibility index (Phi) is 6.82. The molecule has 3 heterocycles. The molecule has 2 bridgehead atoms. The summed E-state index contributed by atoms with van der Waals surface area (Å²) in [7, 11) is 0. The van der Waals surface area contributed by atoms with Crippen molar-refractivity contribution in [2.45, 2.75) is 75.6 Å². The molecule has 0 saturated carbocycles. The van der Waals surface area contributed by atoms with Crippen LogP contribution in [0.25, 0.3) is 0 Å². The summed E-state index contributed by atoms with van der Waals surface area (Å²) < 4.78 is -0.777. The largest absolute Gasteiger partial charge is 0.481 e. The lowest BCUT2D eigenvalue weighted by Crippen LogP contribution is -2.60. The highest BCUT2D eigenvalue weighted by molar-refractivity contribution is 8.02. The summed E-state index contributed by atoms with van der Waals surface area (Å²) in [6.07, 6.45) is 2.91. The molecule has 3 saturated heterocycles. The molecule has 3 rings (SSSR count). The van der Waals surface area contributed by atoms with Gasteiger partial charge in [0.1, 0.15) is 6.04 Å². The highest BCUT2D eigenvalue weighted by Crippen LogP contribution is 2.69. The predicted octanol–water partition coefficient (Wildman–Crippen LogP) is 2.24. The van der Waals surface area contributed by atoms with Crippen LogP contribution in [0.1, 0.15) is 47.5 Å². The Morgan fingerprint density at radius 2 is 2.00 bits per heavy atom. The van der Waals surface area contributed by atoms with Gasteiger partial charge in [0, 0.05) is 17.8 Å². The van der Waals surface area contributed by atoms with Crippen LogP contribution in [-0.4, -0.2) is 79.1 Å². The fraction of sp³-hybridized carbons (Fsp3) is 0.783. The van der Waals surface area contributed by atoms with Crippen molar-refractivity contribution in [2.24, 2.45) is 23.7 Å². The maximum atomic E-state index is 14.0. The van der Waals surface area contributed by atoms with E-state index in [1.807, 2.05) is 34.6 Å². The number of carboxylic acids is 1. The maximum Gasteiger partial charge on any atom is 0.308 e. The van der Waals surface area contributed by atoms with Crippen molar-refractivity contribution in [2.75, 3.05) is 13.2 Å². The van der Waals surface area contributed by atoms with E-state index < -0.39 is 34.6 Å². The Bertz CT molecular complexity index is 756. The molecule has 3 unspecified atom stereocenters. The predicted molar refractivity (Wildman–Crippen MR) is 121 cm³/mol. The van der Waals surface area contributed by atoms with E-state index in [1.54, 1.807) is 15.9 Å². The molecule has 31 heavy (non-hydrogen) atoms. The van der Waals surface area contributed by atoms with Crippen LogP contribution in [-0.2, 0) is 14.4 Å².